The smallest absolute Gasteiger partial charge is 0.208 e. The number of ether oxygens (including phenoxy) is 1. The van der Waals surface area contributed by atoms with Gasteiger partial charge in [-0.05, 0) is 32.5 Å². The summed E-state index contributed by atoms with van der Waals surface area (Å²) in [6, 6.07) is 1.79. The average molecular weight is 225 g/mol. The normalized spacial score (nSPS) is 20.4. The lowest BCUT2D eigenvalue weighted by Crippen LogP contribution is -2.39. The van der Waals surface area contributed by atoms with Crippen LogP contribution in [0.3, 0.4) is 0 Å². The molecule has 0 spiro atoms. The number of hydrogen-bond acceptors (Lipinski definition) is 4. The van der Waals surface area contributed by atoms with Gasteiger partial charge in [-0.2, -0.15) is 5.10 Å². The first-order valence-corrected chi connectivity index (χ1v) is 5.65. The van der Waals surface area contributed by atoms with E-state index in [9.17, 15) is 5.11 Å². The van der Waals surface area contributed by atoms with Crippen molar-refractivity contribution in [1.82, 2.24) is 14.7 Å². The Morgan fingerprint density at radius 3 is 2.81 bits per heavy atom. The zero-order chi connectivity index (χ0) is 11.6. The highest BCUT2D eigenvalue weighted by Crippen LogP contribution is 2.18. The Hall–Kier alpha value is -0.910. The first kappa shape index (κ1) is 11.6. The van der Waals surface area contributed by atoms with Crippen molar-refractivity contribution in [2.24, 2.45) is 0 Å². The second kappa shape index (κ2) is 4.53. The first-order chi connectivity index (χ1) is 7.62. The highest BCUT2D eigenvalue weighted by Gasteiger charge is 2.25. The highest BCUT2D eigenvalue weighted by molar-refractivity contribution is 5.05. The van der Waals surface area contributed by atoms with E-state index in [0.717, 1.165) is 13.1 Å². The van der Waals surface area contributed by atoms with E-state index >= 15 is 0 Å². The van der Waals surface area contributed by atoms with Crippen LogP contribution in [0.2, 0.25) is 0 Å². The summed E-state index contributed by atoms with van der Waals surface area (Å²) in [5, 5.41) is 14.1. The van der Waals surface area contributed by atoms with Gasteiger partial charge in [0.2, 0.25) is 5.79 Å². The fraction of sp³-hybridized carbons (Fsp3) is 0.727. The van der Waals surface area contributed by atoms with E-state index in [4.69, 9.17) is 4.74 Å². The lowest BCUT2D eigenvalue weighted by molar-refractivity contribution is -0.182. The Morgan fingerprint density at radius 1 is 1.50 bits per heavy atom. The van der Waals surface area contributed by atoms with Crippen LogP contribution in [0.5, 0.6) is 0 Å². The Kier molecular flexibility index (Phi) is 3.28. The number of aromatic nitrogens is 2. The molecule has 1 fully saturated rings. The molecule has 0 aliphatic carbocycles. The summed E-state index contributed by atoms with van der Waals surface area (Å²) in [6.45, 7) is 5.87. The molecule has 1 unspecified atom stereocenters. The minimum Gasteiger partial charge on any atom is -0.361 e. The summed E-state index contributed by atoms with van der Waals surface area (Å²) in [5.74, 6) is -1.29. The molecule has 1 atom stereocenters. The molecule has 0 saturated carbocycles. The van der Waals surface area contributed by atoms with E-state index in [1.54, 1.807) is 13.0 Å². The monoisotopic (exact) mass is 225 g/mol. The van der Waals surface area contributed by atoms with Gasteiger partial charge < -0.3 is 14.7 Å². The minimum atomic E-state index is -1.29. The van der Waals surface area contributed by atoms with E-state index in [1.165, 1.54) is 26.6 Å². The van der Waals surface area contributed by atoms with Crippen molar-refractivity contribution in [3.05, 3.63) is 18.0 Å². The van der Waals surface area contributed by atoms with Gasteiger partial charge in [-0.1, -0.05) is 0 Å². The van der Waals surface area contributed by atoms with E-state index in [-0.39, 0.29) is 0 Å². The van der Waals surface area contributed by atoms with E-state index in [1.807, 2.05) is 10.9 Å². The lowest BCUT2D eigenvalue weighted by atomic mass is 10.2. The molecule has 2 rings (SSSR count). The van der Waals surface area contributed by atoms with Crippen LogP contribution < -0.4 is 0 Å². The second-order valence-electron chi connectivity index (χ2n) is 4.35. The molecule has 5 nitrogen and oxygen atoms in total. The largest absolute Gasteiger partial charge is 0.361 e. The van der Waals surface area contributed by atoms with Gasteiger partial charge in [-0.15, -0.1) is 0 Å². The maximum atomic E-state index is 9.83. The molecule has 1 aromatic heterocycles. The molecule has 16 heavy (non-hydrogen) atoms. The molecule has 1 aliphatic heterocycles. The quantitative estimate of drug-likeness (QED) is 0.737. The summed E-state index contributed by atoms with van der Waals surface area (Å²) >= 11 is 0. The van der Waals surface area contributed by atoms with E-state index in [2.05, 4.69) is 10.00 Å². The summed E-state index contributed by atoms with van der Waals surface area (Å²) in [4.78, 5) is 2.38. The fourth-order valence-corrected chi connectivity index (χ4v) is 1.69. The minimum absolute atomic E-state index is 0.554. The summed E-state index contributed by atoms with van der Waals surface area (Å²) in [7, 11) is 1.47. The van der Waals surface area contributed by atoms with Gasteiger partial charge in [-0.25, -0.2) is 0 Å². The maximum Gasteiger partial charge on any atom is 0.208 e. The maximum absolute atomic E-state index is 9.83. The van der Waals surface area contributed by atoms with E-state index < -0.39 is 5.79 Å². The topological polar surface area (TPSA) is 50.5 Å². The number of aliphatic hydroxyl groups is 1. The van der Waals surface area contributed by atoms with Crippen LogP contribution >= 0.6 is 0 Å². The molecule has 0 amide bonds. The van der Waals surface area contributed by atoms with Gasteiger partial charge in [-0.3, -0.25) is 4.68 Å². The molecule has 1 saturated heterocycles. The van der Waals surface area contributed by atoms with Gasteiger partial charge in [0, 0.05) is 19.9 Å². The van der Waals surface area contributed by atoms with Crippen molar-refractivity contribution in [3.8, 4) is 0 Å². The van der Waals surface area contributed by atoms with Crippen LogP contribution in [0, 0.1) is 0 Å². The number of methoxy groups -OCH3 is 1. The summed E-state index contributed by atoms with van der Waals surface area (Å²) < 4.78 is 6.81. The summed E-state index contributed by atoms with van der Waals surface area (Å²) in [6.07, 6.45) is 3.19. The Labute approximate surface area is 95.6 Å². The third-order valence-corrected chi connectivity index (χ3v) is 3.11. The van der Waals surface area contributed by atoms with E-state index in [0.29, 0.717) is 5.69 Å². The predicted octanol–water partition coefficient (Wildman–Crippen LogP) is 0.400. The molecule has 1 aromatic rings. The van der Waals surface area contributed by atoms with Crippen molar-refractivity contribution in [2.45, 2.75) is 25.7 Å². The number of rotatable bonds is 5. The molecule has 1 aliphatic rings. The third-order valence-electron chi connectivity index (χ3n) is 3.11. The van der Waals surface area contributed by atoms with Crippen molar-refractivity contribution in [1.29, 1.82) is 0 Å². The van der Waals surface area contributed by atoms with Gasteiger partial charge in [0.1, 0.15) is 5.69 Å². The molecule has 1 N–H and O–H groups in total. The molecule has 2 heterocycles. The zero-order valence-electron chi connectivity index (χ0n) is 9.89. The number of nitrogens with zero attached hydrogens (tertiary/aromatic N) is 3. The molecule has 0 bridgehead atoms. The van der Waals surface area contributed by atoms with Gasteiger partial charge in [0.05, 0.1) is 6.54 Å². The van der Waals surface area contributed by atoms with Crippen LogP contribution in [-0.2, 0) is 17.1 Å². The average Bonchev–Trinajstić information content (AvgIpc) is 2.65. The van der Waals surface area contributed by atoms with Crippen molar-refractivity contribution < 1.29 is 9.84 Å². The molecule has 90 valence electrons. The summed E-state index contributed by atoms with van der Waals surface area (Å²) in [5.41, 5.74) is 0.554. The third kappa shape index (κ3) is 2.42. The second-order valence-corrected chi connectivity index (χ2v) is 4.35. The SMILES string of the molecule is COC(C)(O)c1ccn(CCN2CCC2)n1. The predicted molar refractivity (Wildman–Crippen MR) is 59.9 cm³/mol. The lowest BCUT2D eigenvalue weighted by Gasteiger charge is -2.30. The Balaban J connectivity index is 1.91. The van der Waals surface area contributed by atoms with Crippen molar-refractivity contribution in [2.75, 3.05) is 26.7 Å². The van der Waals surface area contributed by atoms with Crippen LogP contribution in [0.1, 0.15) is 19.0 Å². The van der Waals surface area contributed by atoms with Crippen molar-refractivity contribution in [3.63, 3.8) is 0 Å². The molecule has 0 aromatic carbocycles. The van der Waals surface area contributed by atoms with Gasteiger partial charge >= 0.3 is 0 Å². The zero-order valence-corrected chi connectivity index (χ0v) is 9.89. The van der Waals surface area contributed by atoms with Crippen LogP contribution in [-0.4, -0.2) is 46.5 Å². The standard InChI is InChI=1S/C11H19N3O2/c1-11(15,16-2)10-4-7-14(12-10)9-8-13-5-3-6-13/h4,7,15H,3,5-6,8-9H2,1-2H3. The van der Waals surface area contributed by atoms with Crippen LogP contribution in [0.25, 0.3) is 0 Å². The van der Waals surface area contributed by atoms with Crippen LogP contribution in [0.4, 0.5) is 0 Å². The molecule has 5 heteroatoms. The molecular formula is C11H19N3O2. The Bertz CT molecular complexity index is 345. The number of likely N-dealkylation sites (tertiary alicyclic amines) is 1. The van der Waals surface area contributed by atoms with Gasteiger partial charge in [0.15, 0.2) is 0 Å². The first-order valence-electron chi connectivity index (χ1n) is 5.65. The van der Waals surface area contributed by atoms with Gasteiger partial charge in [0.25, 0.3) is 0 Å². The molecule has 0 radical (unpaired) electrons. The number of hydrogen-bond donors (Lipinski definition) is 1. The van der Waals surface area contributed by atoms with Crippen molar-refractivity contribution >= 4 is 0 Å². The molecular weight excluding hydrogens is 206 g/mol. The van der Waals surface area contributed by atoms with Crippen LogP contribution in [0.15, 0.2) is 12.3 Å². The Morgan fingerprint density at radius 2 is 2.25 bits per heavy atom. The highest BCUT2D eigenvalue weighted by atomic mass is 16.6. The fourth-order valence-electron chi connectivity index (χ4n) is 1.69.